The van der Waals surface area contributed by atoms with Crippen molar-refractivity contribution in [2.75, 3.05) is 14.2 Å². The zero-order valence-corrected chi connectivity index (χ0v) is 12.1. The van der Waals surface area contributed by atoms with Crippen LogP contribution in [0.3, 0.4) is 0 Å². The Bertz CT molecular complexity index is 565. The molecule has 0 bridgehead atoms. The van der Waals surface area contributed by atoms with E-state index in [-0.39, 0.29) is 6.04 Å². The molecule has 2 heterocycles. The number of rotatable bonds is 7. The number of aryl methyl sites for hydroxylation is 1. The van der Waals surface area contributed by atoms with E-state index >= 15 is 0 Å². The average molecular weight is 289 g/mol. The van der Waals surface area contributed by atoms with E-state index < -0.39 is 0 Å². The minimum absolute atomic E-state index is 0.161. The highest BCUT2D eigenvalue weighted by Gasteiger charge is 2.18. The van der Waals surface area contributed by atoms with Crippen LogP contribution in [0.2, 0.25) is 0 Å². The summed E-state index contributed by atoms with van der Waals surface area (Å²) in [5, 5.41) is 0. The number of hydrogen-bond donors (Lipinski definition) is 2. The number of nitrogens with two attached hydrogens (primary N) is 1. The summed E-state index contributed by atoms with van der Waals surface area (Å²) < 4.78 is 10.3. The van der Waals surface area contributed by atoms with Crippen LogP contribution in [0.5, 0.6) is 11.8 Å². The van der Waals surface area contributed by atoms with E-state index in [0.29, 0.717) is 17.5 Å². The van der Waals surface area contributed by atoms with Crippen molar-refractivity contribution in [1.82, 2.24) is 20.4 Å². The first kappa shape index (κ1) is 15.1. The van der Waals surface area contributed by atoms with Gasteiger partial charge in [-0.2, -0.15) is 4.98 Å². The van der Waals surface area contributed by atoms with Crippen molar-refractivity contribution >= 4 is 0 Å². The molecule has 2 aromatic rings. The van der Waals surface area contributed by atoms with Gasteiger partial charge in [-0.05, 0) is 30.5 Å². The zero-order chi connectivity index (χ0) is 15.1. The first-order valence-corrected chi connectivity index (χ1v) is 6.58. The molecule has 1 atom stereocenters. The molecule has 0 saturated carbocycles. The molecule has 0 aliphatic heterocycles. The molecule has 0 amide bonds. The van der Waals surface area contributed by atoms with Crippen LogP contribution in [0, 0.1) is 0 Å². The molecule has 112 valence electrons. The van der Waals surface area contributed by atoms with Crippen LogP contribution in [0.25, 0.3) is 0 Å². The van der Waals surface area contributed by atoms with Gasteiger partial charge < -0.3 is 9.47 Å². The highest BCUT2D eigenvalue weighted by molar-refractivity contribution is 5.26. The van der Waals surface area contributed by atoms with Crippen LogP contribution in [0.1, 0.15) is 23.7 Å². The van der Waals surface area contributed by atoms with Crippen LogP contribution in [-0.2, 0) is 6.42 Å². The van der Waals surface area contributed by atoms with Gasteiger partial charge in [-0.3, -0.25) is 16.3 Å². The fourth-order valence-corrected chi connectivity index (χ4v) is 2.01. The second-order valence-corrected chi connectivity index (χ2v) is 4.42. The third-order valence-corrected chi connectivity index (χ3v) is 3.15. The summed E-state index contributed by atoms with van der Waals surface area (Å²) in [4.78, 5) is 12.6. The topological polar surface area (TPSA) is 95.2 Å². The van der Waals surface area contributed by atoms with E-state index in [0.717, 1.165) is 12.8 Å². The predicted molar refractivity (Wildman–Crippen MR) is 77.8 cm³/mol. The van der Waals surface area contributed by atoms with Crippen LogP contribution in [0.15, 0.2) is 30.7 Å². The second-order valence-electron chi connectivity index (χ2n) is 4.42. The van der Waals surface area contributed by atoms with Crippen molar-refractivity contribution in [2.24, 2.45) is 5.84 Å². The molecule has 0 saturated heterocycles. The van der Waals surface area contributed by atoms with Gasteiger partial charge in [0, 0.05) is 12.4 Å². The number of nitrogens with one attached hydrogen (secondary N) is 1. The first-order valence-electron chi connectivity index (χ1n) is 6.58. The Kier molecular flexibility index (Phi) is 5.42. The van der Waals surface area contributed by atoms with Crippen LogP contribution >= 0.6 is 0 Å². The molecule has 0 aromatic carbocycles. The molecular formula is C14H19N5O2. The number of pyridine rings is 1. The van der Waals surface area contributed by atoms with Gasteiger partial charge in [-0.25, -0.2) is 4.98 Å². The van der Waals surface area contributed by atoms with E-state index in [1.165, 1.54) is 12.7 Å². The maximum Gasteiger partial charge on any atom is 0.240 e. The molecule has 7 heteroatoms. The number of hydrazine groups is 1. The highest BCUT2D eigenvalue weighted by Crippen LogP contribution is 2.25. The minimum Gasteiger partial charge on any atom is -0.480 e. The van der Waals surface area contributed by atoms with E-state index in [4.69, 9.17) is 15.3 Å². The predicted octanol–water partition coefficient (Wildman–Crippen LogP) is 1.03. The maximum absolute atomic E-state index is 5.65. The van der Waals surface area contributed by atoms with Gasteiger partial charge in [0.25, 0.3) is 0 Å². The van der Waals surface area contributed by atoms with Gasteiger partial charge in [0.2, 0.25) is 11.8 Å². The maximum atomic E-state index is 5.65. The van der Waals surface area contributed by atoms with E-state index in [9.17, 15) is 0 Å². The molecule has 7 nitrogen and oxygen atoms in total. The summed E-state index contributed by atoms with van der Waals surface area (Å²) in [5.74, 6) is 6.46. The molecule has 0 aliphatic rings. The zero-order valence-electron chi connectivity index (χ0n) is 12.1. The molecule has 3 N–H and O–H groups in total. The van der Waals surface area contributed by atoms with E-state index in [2.05, 4.69) is 20.4 Å². The summed E-state index contributed by atoms with van der Waals surface area (Å²) in [6.07, 6.45) is 6.70. The van der Waals surface area contributed by atoms with Crippen LogP contribution in [0.4, 0.5) is 0 Å². The molecular weight excluding hydrogens is 270 g/mol. The Morgan fingerprint density at radius 2 is 2.00 bits per heavy atom. The summed E-state index contributed by atoms with van der Waals surface area (Å²) in [6, 6.07) is 3.79. The average Bonchev–Trinajstić information content (AvgIpc) is 2.56. The minimum atomic E-state index is -0.161. The monoisotopic (exact) mass is 289 g/mol. The summed E-state index contributed by atoms with van der Waals surface area (Å²) in [7, 11) is 3.08. The third-order valence-electron chi connectivity index (χ3n) is 3.15. The largest absolute Gasteiger partial charge is 0.480 e. The second kappa shape index (κ2) is 7.51. The highest BCUT2D eigenvalue weighted by atomic mass is 16.5. The van der Waals surface area contributed by atoms with Crippen LogP contribution < -0.4 is 20.7 Å². The van der Waals surface area contributed by atoms with Gasteiger partial charge >= 0.3 is 0 Å². The lowest BCUT2D eigenvalue weighted by molar-refractivity contribution is 0.347. The Morgan fingerprint density at radius 3 is 2.62 bits per heavy atom. The number of ether oxygens (including phenoxy) is 2. The molecule has 21 heavy (non-hydrogen) atoms. The molecule has 1 unspecified atom stereocenters. The smallest absolute Gasteiger partial charge is 0.240 e. The lowest BCUT2D eigenvalue weighted by Gasteiger charge is -2.17. The van der Waals surface area contributed by atoms with Gasteiger partial charge in [0.1, 0.15) is 5.69 Å². The lowest BCUT2D eigenvalue weighted by atomic mass is 10.0. The van der Waals surface area contributed by atoms with Gasteiger partial charge in [-0.15, -0.1) is 0 Å². The Balaban J connectivity index is 2.13. The fourth-order valence-electron chi connectivity index (χ4n) is 2.01. The summed E-state index contributed by atoms with van der Waals surface area (Å²) in [5.41, 5.74) is 4.61. The standard InChI is InChI=1S/C14H19N5O2/c1-20-12-9-17-13(14(18-12)21-2)11(19-15)4-3-10-5-7-16-8-6-10/h5-9,11,19H,3-4,15H2,1-2H3. The van der Waals surface area contributed by atoms with Crippen molar-refractivity contribution in [3.05, 3.63) is 42.0 Å². The van der Waals surface area contributed by atoms with Crippen molar-refractivity contribution in [1.29, 1.82) is 0 Å². The van der Waals surface area contributed by atoms with Crippen molar-refractivity contribution in [3.63, 3.8) is 0 Å². The lowest BCUT2D eigenvalue weighted by Crippen LogP contribution is -2.29. The Labute approximate surface area is 123 Å². The summed E-state index contributed by atoms with van der Waals surface area (Å²) in [6.45, 7) is 0. The number of methoxy groups -OCH3 is 2. The van der Waals surface area contributed by atoms with Crippen molar-refractivity contribution < 1.29 is 9.47 Å². The fraction of sp³-hybridized carbons (Fsp3) is 0.357. The summed E-state index contributed by atoms with van der Waals surface area (Å²) >= 11 is 0. The molecule has 2 aromatic heterocycles. The Morgan fingerprint density at radius 1 is 1.24 bits per heavy atom. The molecule has 0 spiro atoms. The third kappa shape index (κ3) is 3.87. The van der Waals surface area contributed by atoms with Crippen molar-refractivity contribution in [2.45, 2.75) is 18.9 Å². The van der Waals surface area contributed by atoms with Gasteiger partial charge in [0.05, 0.1) is 26.5 Å². The van der Waals surface area contributed by atoms with E-state index in [1.807, 2.05) is 12.1 Å². The van der Waals surface area contributed by atoms with Gasteiger partial charge in [-0.1, -0.05) is 0 Å². The normalized spacial score (nSPS) is 12.0. The molecule has 2 rings (SSSR count). The SMILES string of the molecule is COc1cnc(C(CCc2ccncc2)NN)c(OC)n1. The number of nitrogens with zero attached hydrogens (tertiary/aromatic N) is 3. The number of aromatic nitrogens is 3. The number of hydrogen-bond acceptors (Lipinski definition) is 7. The van der Waals surface area contributed by atoms with Gasteiger partial charge in [0.15, 0.2) is 0 Å². The quantitative estimate of drug-likeness (QED) is 0.580. The Hall–Kier alpha value is -2.25. The first-order chi connectivity index (χ1) is 10.3. The molecule has 0 fully saturated rings. The van der Waals surface area contributed by atoms with Crippen molar-refractivity contribution in [3.8, 4) is 11.8 Å². The van der Waals surface area contributed by atoms with Crippen LogP contribution in [-0.4, -0.2) is 29.2 Å². The van der Waals surface area contributed by atoms with E-state index in [1.54, 1.807) is 25.7 Å². The molecule has 0 aliphatic carbocycles. The molecule has 0 radical (unpaired) electrons.